The van der Waals surface area contributed by atoms with Crippen molar-refractivity contribution in [2.24, 2.45) is 0 Å². The van der Waals surface area contributed by atoms with Crippen molar-refractivity contribution in [1.29, 1.82) is 0 Å². The van der Waals surface area contributed by atoms with Crippen LogP contribution in [0.1, 0.15) is 30.9 Å². The molecule has 1 saturated heterocycles. The summed E-state index contributed by atoms with van der Waals surface area (Å²) in [6.45, 7) is 3.06. The SMILES string of the molecule is CS(=O)(=O)CCCN1CCC[C@H]1c1ccc2c(c1)OCCO2. The second-order valence-electron chi connectivity index (χ2n) is 6.08. The Labute approximate surface area is 132 Å². The molecule has 22 heavy (non-hydrogen) atoms. The Morgan fingerprint density at radius 1 is 1.23 bits per heavy atom. The van der Waals surface area contributed by atoms with Gasteiger partial charge < -0.3 is 9.47 Å². The zero-order valence-corrected chi connectivity index (χ0v) is 13.8. The maximum Gasteiger partial charge on any atom is 0.161 e. The lowest BCUT2D eigenvalue weighted by atomic mass is 10.0. The van der Waals surface area contributed by atoms with E-state index in [0.29, 0.717) is 25.7 Å². The minimum Gasteiger partial charge on any atom is -0.486 e. The summed E-state index contributed by atoms with van der Waals surface area (Å²) >= 11 is 0. The number of sulfone groups is 1. The number of ether oxygens (including phenoxy) is 2. The molecule has 5 nitrogen and oxygen atoms in total. The smallest absolute Gasteiger partial charge is 0.161 e. The third-order valence-electron chi connectivity index (χ3n) is 4.28. The molecule has 2 aliphatic rings. The van der Waals surface area contributed by atoms with E-state index in [9.17, 15) is 8.42 Å². The van der Waals surface area contributed by atoms with Crippen LogP contribution in [0.15, 0.2) is 18.2 Å². The lowest BCUT2D eigenvalue weighted by molar-refractivity contribution is 0.170. The average Bonchev–Trinajstić information content (AvgIpc) is 2.94. The summed E-state index contributed by atoms with van der Waals surface area (Å²) in [5.41, 5.74) is 1.24. The van der Waals surface area contributed by atoms with Crippen molar-refractivity contribution in [1.82, 2.24) is 4.90 Å². The fourth-order valence-electron chi connectivity index (χ4n) is 3.27. The minimum absolute atomic E-state index is 0.261. The van der Waals surface area contributed by atoms with E-state index >= 15 is 0 Å². The normalized spacial score (nSPS) is 22.0. The van der Waals surface area contributed by atoms with E-state index in [1.54, 1.807) is 0 Å². The summed E-state index contributed by atoms with van der Waals surface area (Å²) in [6, 6.07) is 6.52. The fraction of sp³-hybridized carbons (Fsp3) is 0.625. The van der Waals surface area contributed by atoms with Crippen LogP contribution >= 0.6 is 0 Å². The largest absolute Gasteiger partial charge is 0.486 e. The van der Waals surface area contributed by atoms with Gasteiger partial charge in [-0.05, 0) is 50.0 Å². The zero-order chi connectivity index (χ0) is 15.6. The summed E-state index contributed by atoms with van der Waals surface area (Å²) < 4.78 is 33.8. The predicted octanol–water partition coefficient (Wildman–Crippen LogP) is 2.03. The second-order valence-corrected chi connectivity index (χ2v) is 8.34. The van der Waals surface area contributed by atoms with Gasteiger partial charge in [0, 0.05) is 12.3 Å². The van der Waals surface area contributed by atoms with Gasteiger partial charge in [-0.25, -0.2) is 8.42 Å². The first kappa shape index (κ1) is 15.6. The number of hydrogen-bond donors (Lipinski definition) is 0. The molecular formula is C16H23NO4S. The minimum atomic E-state index is -2.87. The third kappa shape index (κ3) is 3.73. The summed E-state index contributed by atoms with van der Waals surface area (Å²) in [4.78, 5) is 2.39. The van der Waals surface area contributed by atoms with Crippen molar-refractivity contribution < 1.29 is 17.9 Å². The standard InChI is InChI=1S/C16H23NO4S/c1-22(18,19)11-3-8-17-7-2-4-14(17)13-5-6-15-16(12-13)21-10-9-20-15/h5-6,12,14H,2-4,7-11H2,1H3/t14-/m0/s1. The number of likely N-dealkylation sites (tertiary alicyclic amines) is 1. The van der Waals surface area contributed by atoms with Crippen LogP contribution in [-0.4, -0.2) is 51.6 Å². The van der Waals surface area contributed by atoms with Gasteiger partial charge in [0.2, 0.25) is 0 Å². The Bertz CT molecular complexity index is 629. The highest BCUT2D eigenvalue weighted by Gasteiger charge is 2.27. The second kappa shape index (κ2) is 6.46. The van der Waals surface area contributed by atoms with Gasteiger partial charge in [0.25, 0.3) is 0 Å². The lowest BCUT2D eigenvalue weighted by Crippen LogP contribution is -2.26. The maximum absolute atomic E-state index is 11.3. The highest BCUT2D eigenvalue weighted by Crippen LogP contribution is 2.37. The molecule has 2 aliphatic heterocycles. The van der Waals surface area contributed by atoms with Gasteiger partial charge in [0.15, 0.2) is 11.5 Å². The summed E-state index contributed by atoms with van der Waals surface area (Å²) in [6.07, 6.45) is 4.26. The number of hydrogen-bond acceptors (Lipinski definition) is 5. The molecule has 1 aromatic rings. The Kier molecular flexibility index (Phi) is 4.59. The summed E-state index contributed by atoms with van der Waals surface area (Å²) in [7, 11) is -2.87. The molecular weight excluding hydrogens is 302 g/mol. The molecule has 1 fully saturated rings. The molecule has 6 heteroatoms. The van der Waals surface area contributed by atoms with Crippen molar-refractivity contribution in [2.75, 3.05) is 38.3 Å². The highest BCUT2D eigenvalue weighted by atomic mass is 32.2. The molecule has 1 aromatic carbocycles. The number of rotatable bonds is 5. The van der Waals surface area contributed by atoms with Crippen LogP contribution < -0.4 is 9.47 Å². The molecule has 2 heterocycles. The summed E-state index contributed by atoms with van der Waals surface area (Å²) in [5.74, 6) is 1.90. The number of benzene rings is 1. The topological polar surface area (TPSA) is 55.8 Å². The van der Waals surface area contributed by atoms with E-state index < -0.39 is 9.84 Å². The van der Waals surface area contributed by atoms with Crippen molar-refractivity contribution >= 4 is 9.84 Å². The number of nitrogens with zero attached hydrogens (tertiary/aromatic N) is 1. The van der Waals surface area contributed by atoms with Gasteiger partial charge in [-0.2, -0.15) is 0 Å². The van der Waals surface area contributed by atoms with Crippen LogP contribution in [0.3, 0.4) is 0 Å². The van der Waals surface area contributed by atoms with Crippen molar-refractivity contribution in [2.45, 2.75) is 25.3 Å². The van der Waals surface area contributed by atoms with Crippen LogP contribution in [0.5, 0.6) is 11.5 Å². The Morgan fingerprint density at radius 3 is 2.77 bits per heavy atom. The molecule has 0 unspecified atom stereocenters. The molecule has 0 spiro atoms. The molecule has 122 valence electrons. The van der Waals surface area contributed by atoms with Gasteiger partial charge >= 0.3 is 0 Å². The molecule has 1 atom stereocenters. The monoisotopic (exact) mass is 325 g/mol. The van der Waals surface area contributed by atoms with Gasteiger partial charge in [-0.1, -0.05) is 6.07 Å². The van der Waals surface area contributed by atoms with E-state index in [2.05, 4.69) is 17.0 Å². The molecule has 0 aliphatic carbocycles. The molecule has 3 rings (SSSR count). The first-order valence-electron chi connectivity index (χ1n) is 7.84. The average molecular weight is 325 g/mol. The van der Waals surface area contributed by atoms with E-state index in [1.807, 2.05) is 6.07 Å². The van der Waals surface area contributed by atoms with Gasteiger partial charge in [-0.3, -0.25) is 4.90 Å². The maximum atomic E-state index is 11.3. The quantitative estimate of drug-likeness (QED) is 0.829. The van der Waals surface area contributed by atoms with Gasteiger partial charge in [0.05, 0.1) is 5.75 Å². The molecule has 0 aromatic heterocycles. The molecule has 0 N–H and O–H groups in total. The predicted molar refractivity (Wildman–Crippen MR) is 85.3 cm³/mol. The third-order valence-corrected chi connectivity index (χ3v) is 5.31. The lowest BCUT2D eigenvalue weighted by Gasteiger charge is -2.26. The van der Waals surface area contributed by atoms with Crippen LogP contribution in [0, 0.1) is 0 Å². The Hall–Kier alpha value is -1.27. The van der Waals surface area contributed by atoms with Crippen molar-refractivity contribution in [3.05, 3.63) is 23.8 Å². The van der Waals surface area contributed by atoms with E-state index in [4.69, 9.17) is 9.47 Å². The van der Waals surface area contributed by atoms with Crippen molar-refractivity contribution in [3.63, 3.8) is 0 Å². The van der Waals surface area contributed by atoms with Gasteiger partial charge in [0.1, 0.15) is 23.1 Å². The molecule has 0 amide bonds. The number of fused-ring (bicyclic) bond motifs is 1. The molecule has 0 saturated carbocycles. The van der Waals surface area contributed by atoms with Crippen LogP contribution in [-0.2, 0) is 9.84 Å². The highest BCUT2D eigenvalue weighted by molar-refractivity contribution is 7.90. The van der Waals surface area contributed by atoms with E-state index in [-0.39, 0.29) is 5.75 Å². The van der Waals surface area contributed by atoms with Crippen LogP contribution in [0.2, 0.25) is 0 Å². The Morgan fingerprint density at radius 2 is 2.00 bits per heavy atom. The van der Waals surface area contributed by atoms with Gasteiger partial charge in [-0.15, -0.1) is 0 Å². The van der Waals surface area contributed by atoms with E-state index in [0.717, 1.165) is 37.4 Å². The van der Waals surface area contributed by atoms with E-state index in [1.165, 1.54) is 11.8 Å². The zero-order valence-electron chi connectivity index (χ0n) is 13.0. The summed E-state index contributed by atoms with van der Waals surface area (Å²) in [5, 5.41) is 0. The fourth-order valence-corrected chi connectivity index (χ4v) is 3.92. The molecule has 0 bridgehead atoms. The van der Waals surface area contributed by atoms with Crippen LogP contribution in [0.4, 0.5) is 0 Å². The first-order chi connectivity index (χ1) is 10.5. The molecule has 0 radical (unpaired) electrons. The Balaban J connectivity index is 1.67. The van der Waals surface area contributed by atoms with Crippen molar-refractivity contribution in [3.8, 4) is 11.5 Å². The first-order valence-corrected chi connectivity index (χ1v) is 9.90. The van der Waals surface area contributed by atoms with Crippen LogP contribution in [0.25, 0.3) is 0 Å².